The highest BCUT2D eigenvalue weighted by Crippen LogP contribution is 2.33. The van der Waals surface area contributed by atoms with E-state index in [2.05, 4.69) is 21.2 Å². The average Bonchev–Trinajstić information content (AvgIpc) is 2.36. The molecule has 2 aromatic rings. The maximum Gasteiger partial charge on any atom is 0.416 e. The van der Waals surface area contributed by atoms with Crippen molar-refractivity contribution in [3.63, 3.8) is 0 Å². The largest absolute Gasteiger partial charge is 0.416 e. The van der Waals surface area contributed by atoms with Gasteiger partial charge in [0.25, 0.3) is 0 Å². The molecule has 0 aliphatic carbocycles. The minimum absolute atomic E-state index is 0.112. The second-order valence-electron chi connectivity index (χ2n) is 4.17. The van der Waals surface area contributed by atoms with E-state index in [1.54, 1.807) is 18.2 Å². The van der Waals surface area contributed by atoms with Gasteiger partial charge in [0.1, 0.15) is 5.82 Å². The topological polar surface area (TPSA) is 12.0 Å². The van der Waals surface area contributed by atoms with Gasteiger partial charge in [0, 0.05) is 22.3 Å². The summed E-state index contributed by atoms with van der Waals surface area (Å²) in [6.07, 6.45) is -4.42. The molecule has 6 heteroatoms. The molecule has 0 saturated heterocycles. The van der Waals surface area contributed by atoms with Gasteiger partial charge in [-0.3, -0.25) is 0 Å². The Kier molecular flexibility index (Phi) is 4.32. The van der Waals surface area contributed by atoms with E-state index in [9.17, 15) is 17.6 Å². The molecule has 0 radical (unpaired) electrons. The van der Waals surface area contributed by atoms with E-state index >= 15 is 0 Å². The zero-order valence-electron chi connectivity index (χ0n) is 10.1. The first-order valence-electron chi connectivity index (χ1n) is 5.71. The van der Waals surface area contributed by atoms with Crippen LogP contribution in [0.15, 0.2) is 46.9 Å². The van der Waals surface area contributed by atoms with Crippen LogP contribution in [-0.4, -0.2) is 0 Å². The van der Waals surface area contributed by atoms with Gasteiger partial charge in [-0.15, -0.1) is 0 Å². The first kappa shape index (κ1) is 14.8. The lowest BCUT2D eigenvalue weighted by atomic mass is 10.1. The predicted molar refractivity (Wildman–Crippen MR) is 72.9 cm³/mol. The van der Waals surface area contributed by atoms with Crippen LogP contribution in [0.1, 0.15) is 11.1 Å². The van der Waals surface area contributed by atoms with Crippen molar-refractivity contribution in [3.05, 3.63) is 63.9 Å². The average molecular weight is 348 g/mol. The van der Waals surface area contributed by atoms with Gasteiger partial charge in [-0.2, -0.15) is 13.2 Å². The zero-order chi connectivity index (χ0) is 14.8. The molecule has 2 aromatic carbocycles. The Hall–Kier alpha value is -1.56. The van der Waals surface area contributed by atoms with Crippen molar-refractivity contribution in [2.45, 2.75) is 12.7 Å². The lowest BCUT2D eigenvalue weighted by Gasteiger charge is -2.12. The summed E-state index contributed by atoms with van der Waals surface area (Å²) in [4.78, 5) is 0. The van der Waals surface area contributed by atoms with Gasteiger partial charge in [0.15, 0.2) is 0 Å². The number of alkyl halides is 3. The Bertz CT molecular complexity index is 610. The molecule has 20 heavy (non-hydrogen) atoms. The maximum atomic E-state index is 13.4. The number of halogens is 5. The second-order valence-corrected chi connectivity index (χ2v) is 5.09. The summed E-state index contributed by atoms with van der Waals surface area (Å²) in [6, 6.07) is 9.60. The Morgan fingerprint density at radius 3 is 2.40 bits per heavy atom. The molecule has 0 aliphatic heterocycles. The van der Waals surface area contributed by atoms with Crippen LogP contribution in [0.25, 0.3) is 0 Å². The highest BCUT2D eigenvalue weighted by atomic mass is 79.9. The Morgan fingerprint density at radius 2 is 1.75 bits per heavy atom. The third-order valence-electron chi connectivity index (χ3n) is 2.67. The van der Waals surface area contributed by atoms with Gasteiger partial charge >= 0.3 is 6.18 Å². The molecule has 0 fully saturated rings. The van der Waals surface area contributed by atoms with E-state index in [1.165, 1.54) is 12.1 Å². The lowest BCUT2D eigenvalue weighted by Crippen LogP contribution is -2.07. The molecule has 1 nitrogen and oxygen atoms in total. The van der Waals surface area contributed by atoms with E-state index < -0.39 is 17.6 Å². The number of nitrogens with one attached hydrogen (secondary N) is 1. The molecule has 0 amide bonds. The quantitative estimate of drug-likeness (QED) is 0.750. The lowest BCUT2D eigenvalue weighted by molar-refractivity contribution is -0.137. The summed E-state index contributed by atoms with van der Waals surface area (Å²) in [5, 5.41) is 2.79. The smallest absolute Gasteiger partial charge is 0.381 e. The summed E-state index contributed by atoms with van der Waals surface area (Å²) in [5.41, 5.74) is -0.0982. The van der Waals surface area contributed by atoms with Crippen LogP contribution in [0, 0.1) is 5.82 Å². The van der Waals surface area contributed by atoms with Crippen molar-refractivity contribution in [2.24, 2.45) is 0 Å². The number of hydrogen-bond donors (Lipinski definition) is 1. The minimum atomic E-state index is -4.42. The van der Waals surface area contributed by atoms with Crippen molar-refractivity contribution in [2.75, 3.05) is 5.32 Å². The molecule has 0 bridgehead atoms. The molecule has 2 rings (SSSR count). The predicted octanol–water partition coefficient (Wildman–Crippen LogP) is 5.22. The van der Waals surface area contributed by atoms with Crippen LogP contribution in [-0.2, 0) is 12.7 Å². The number of anilines is 1. The van der Waals surface area contributed by atoms with Gasteiger partial charge in [-0.1, -0.05) is 34.1 Å². The molecule has 1 N–H and O–H groups in total. The molecular formula is C14H10BrF4N. The van der Waals surface area contributed by atoms with Crippen LogP contribution in [0.2, 0.25) is 0 Å². The molecule has 0 atom stereocenters. The van der Waals surface area contributed by atoms with Gasteiger partial charge in [0.05, 0.1) is 5.56 Å². The highest BCUT2D eigenvalue weighted by molar-refractivity contribution is 9.10. The first-order valence-corrected chi connectivity index (χ1v) is 6.50. The van der Waals surface area contributed by atoms with E-state index in [-0.39, 0.29) is 12.2 Å². The van der Waals surface area contributed by atoms with Crippen LogP contribution >= 0.6 is 15.9 Å². The van der Waals surface area contributed by atoms with Crippen LogP contribution in [0.4, 0.5) is 23.2 Å². The van der Waals surface area contributed by atoms with E-state index in [0.717, 1.165) is 12.1 Å². The Labute approximate surface area is 121 Å². The van der Waals surface area contributed by atoms with Crippen molar-refractivity contribution < 1.29 is 17.6 Å². The third kappa shape index (κ3) is 3.72. The van der Waals surface area contributed by atoms with Gasteiger partial charge in [-0.05, 0) is 24.3 Å². The van der Waals surface area contributed by atoms with Gasteiger partial charge < -0.3 is 5.32 Å². The van der Waals surface area contributed by atoms with Gasteiger partial charge in [0.2, 0.25) is 0 Å². The molecule has 0 saturated carbocycles. The Morgan fingerprint density at radius 1 is 1.05 bits per heavy atom. The van der Waals surface area contributed by atoms with Crippen LogP contribution in [0.3, 0.4) is 0 Å². The number of rotatable bonds is 3. The maximum absolute atomic E-state index is 13.4. The fourth-order valence-electron chi connectivity index (χ4n) is 1.69. The molecule has 0 aliphatic rings. The monoisotopic (exact) mass is 347 g/mol. The first-order chi connectivity index (χ1) is 9.36. The van der Waals surface area contributed by atoms with Crippen molar-refractivity contribution >= 4 is 21.6 Å². The number of benzene rings is 2. The SMILES string of the molecule is Fc1ccccc1CNc1cc(Br)cc(C(F)(F)F)c1. The molecule has 0 spiro atoms. The standard InChI is InChI=1S/C14H10BrF4N/c15-11-5-10(14(17,18)19)6-12(7-11)20-8-9-3-1-2-4-13(9)16/h1-7,20H,8H2. The molecule has 0 heterocycles. The zero-order valence-corrected chi connectivity index (χ0v) is 11.7. The molecule has 0 unspecified atom stereocenters. The van der Waals surface area contributed by atoms with Crippen LogP contribution < -0.4 is 5.32 Å². The van der Waals surface area contributed by atoms with Crippen LogP contribution in [0.5, 0.6) is 0 Å². The highest BCUT2D eigenvalue weighted by Gasteiger charge is 2.31. The summed E-state index contributed by atoms with van der Waals surface area (Å²) in [6.45, 7) is 0.112. The third-order valence-corrected chi connectivity index (χ3v) is 3.12. The summed E-state index contributed by atoms with van der Waals surface area (Å²) < 4.78 is 51.7. The fraction of sp³-hybridized carbons (Fsp3) is 0.143. The fourth-order valence-corrected chi connectivity index (χ4v) is 2.19. The minimum Gasteiger partial charge on any atom is -0.381 e. The normalized spacial score (nSPS) is 11.4. The summed E-state index contributed by atoms with van der Waals surface area (Å²) in [5.74, 6) is -0.397. The molecule has 0 aromatic heterocycles. The number of hydrogen-bond acceptors (Lipinski definition) is 1. The van der Waals surface area contributed by atoms with E-state index in [1.807, 2.05) is 0 Å². The van der Waals surface area contributed by atoms with Crippen molar-refractivity contribution in [3.8, 4) is 0 Å². The van der Waals surface area contributed by atoms with Crippen molar-refractivity contribution in [1.82, 2.24) is 0 Å². The van der Waals surface area contributed by atoms with Crippen molar-refractivity contribution in [1.29, 1.82) is 0 Å². The second kappa shape index (κ2) is 5.83. The van der Waals surface area contributed by atoms with E-state index in [4.69, 9.17) is 0 Å². The molecular weight excluding hydrogens is 338 g/mol. The summed E-state index contributed by atoms with van der Waals surface area (Å²) in [7, 11) is 0. The Balaban J connectivity index is 2.18. The van der Waals surface area contributed by atoms with Gasteiger partial charge in [-0.25, -0.2) is 4.39 Å². The molecule has 106 valence electrons. The van der Waals surface area contributed by atoms with E-state index in [0.29, 0.717) is 10.0 Å². The summed E-state index contributed by atoms with van der Waals surface area (Å²) >= 11 is 3.03.